The minimum atomic E-state index is -0.174. The first kappa shape index (κ1) is 14.3. The molecular formula is C16H24N4O. The number of carbonyl (C=O) groups is 1. The van der Waals surface area contributed by atoms with Crippen LogP contribution in [0.2, 0.25) is 0 Å². The van der Waals surface area contributed by atoms with E-state index in [0.717, 1.165) is 51.9 Å². The maximum atomic E-state index is 11.4. The van der Waals surface area contributed by atoms with Gasteiger partial charge in [-0.15, -0.1) is 0 Å². The van der Waals surface area contributed by atoms with E-state index < -0.39 is 0 Å². The number of rotatable bonds is 3. The minimum absolute atomic E-state index is 0.0192. The Morgan fingerprint density at radius 2 is 2.14 bits per heavy atom. The third kappa shape index (κ3) is 3.35. The smallest absolute Gasteiger partial charge is 0.222 e. The Labute approximate surface area is 125 Å². The lowest BCUT2D eigenvalue weighted by Gasteiger charge is -2.33. The summed E-state index contributed by atoms with van der Waals surface area (Å²) in [6.45, 7) is 3.89. The highest BCUT2D eigenvalue weighted by atomic mass is 16.1. The number of piperidine rings is 2. The fraction of sp³-hybridized carbons (Fsp3) is 0.625. The second-order valence-corrected chi connectivity index (χ2v) is 6.15. The number of carbonyl (C=O) groups excluding carboxylic acids is 1. The van der Waals surface area contributed by atoms with Gasteiger partial charge < -0.3 is 16.0 Å². The molecule has 1 aromatic heterocycles. The fourth-order valence-electron chi connectivity index (χ4n) is 3.42. The van der Waals surface area contributed by atoms with Gasteiger partial charge in [0.15, 0.2) is 0 Å². The van der Waals surface area contributed by atoms with Crippen LogP contribution >= 0.6 is 0 Å². The predicted octanol–water partition coefficient (Wildman–Crippen LogP) is 1.25. The molecule has 5 heteroatoms. The SMILES string of the molecule is NC(=O)[C@@H]1CCCN(c2ccnc(C3CCNCC3)c2)C1. The molecule has 0 aliphatic carbocycles. The Morgan fingerprint density at radius 1 is 1.33 bits per heavy atom. The van der Waals surface area contributed by atoms with Crippen molar-refractivity contribution in [2.45, 2.75) is 31.6 Å². The summed E-state index contributed by atoms with van der Waals surface area (Å²) in [5.74, 6) is 0.365. The molecule has 2 fully saturated rings. The topological polar surface area (TPSA) is 71.2 Å². The molecule has 2 aliphatic heterocycles. The van der Waals surface area contributed by atoms with Crippen LogP contribution in [0.3, 0.4) is 0 Å². The summed E-state index contributed by atoms with van der Waals surface area (Å²) in [5, 5.41) is 3.39. The van der Waals surface area contributed by atoms with Crippen molar-refractivity contribution in [1.29, 1.82) is 0 Å². The van der Waals surface area contributed by atoms with Gasteiger partial charge in [0.25, 0.3) is 0 Å². The zero-order chi connectivity index (χ0) is 14.7. The zero-order valence-corrected chi connectivity index (χ0v) is 12.4. The number of hydrogen-bond acceptors (Lipinski definition) is 4. The van der Waals surface area contributed by atoms with Crippen LogP contribution in [-0.2, 0) is 4.79 Å². The summed E-state index contributed by atoms with van der Waals surface area (Å²) >= 11 is 0. The molecule has 3 heterocycles. The summed E-state index contributed by atoms with van der Waals surface area (Å²) in [7, 11) is 0. The molecule has 2 aliphatic rings. The predicted molar refractivity (Wildman–Crippen MR) is 83.2 cm³/mol. The minimum Gasteiger partial charge on any atom is -0.371 e. The Morgan fingerprint density at radius 3 is 2.90 bits per heavy atom. The molecule has 0 spiro atoms. The van der Waals surface area contributed by atoms with Crippen LogP contribution in [0.1, 0.15) is 37.3 Å². The number of primary amides is 1. The van der Waals surface area contributed by atoms with Crippen LogP contribution in [-0.4, -0.2) is 37.1 Å². The van der Waals surface area contributed by atoms with Crippen molar-refractivity contribution in [3.05, 3.63) is 24.0 Å². The van der Waals surface area contributed by atoms with E-state index in [4.69, 9.17) is 5.73 Å². The number of hydrogen-bond donors (Lipinski definition) is 2. The Hall–Kier alpha value is -1.62. The van der Waals surface area contributed by atoms with Crippen molar-refractivity contribution >= 4 is 11.6 Å². The Bertz CT molecular complexity index is 499. The van der Waals surface area contributed by atoms with Gasteiger partial charge in [-0.1, -0.05) is 0 Å². The van der Waals surface area contributed by atoms with E-state index >= 15 is 0 Å². The summed E-state index contributed by atoms with van der Waals surface area (Å²) in [6, 6.07) is 4.26. The van der Waals surface area contributed by atoms with Crippen molar-refractivity contribution in [3.63, 3.8) is 0 Å². The average molecular weight is 288 g/mol. The summed E-state index contributed by atoms with van der Waals surface area (Å²) in [4.78, 5) is 18.3. The number of aromatic nitrogens is 1. The molecule has 114 valence electrons. The fourth-order valence-corrected chi connectivity index (χ4v) is 3.42. The number of amides is 1. The molecule has 5 nitrogen and oxygen atoms in total. The highest BCUT2D eigenvalue weighted by Crippen LogP contribution is 2.28. The van der Waals surface area contributed by atoms with Crippen LogP contribution in [0, 0.1) is 5.92 Å². The van der Waals surface area contributed by atoms with Gasteiger partial charge in [-0.2, -0.15) is 0 Å². The lowest BCUT2D eigenvalue weighted by molar-refractivity contribution is -0.122. The van der Waals surface area contributed by atoms with Crippen LogP contribution in [0.5, 0.6) is 0 Å². The molecule has 3 rings (SSSR count). The van der Waals surface area contributed by atoms with Crippen LogP contribution in [0.15, 0.2) is 18.3 Å². The van der Waals surface area contributed by atoms with Gasteiger partial charge in [-0.25, -0.2) is 0 Å². The average Bonchev–Trinajstić information content (AvgIpc) is 2.56. The van der Waals surface area contributed by atoms with Gasteiger partial charge in [0.1, 0.15) is 0 Å². The van der Waals surface area contributed by atoms with Gasteiger partial charge in [-0.05, 0) is 50.9 Å². The van der Waals surface area contributed by atoms with E-state index in [1.807, 2.05) is 12.3 Å². The van der Waals surface area contributed by atoms with Gasteiger partial charge in [0.2, 0.25) is 5.91 Å². The molecule has 3 N–H and O–H groups in total. The number of pyridine rings is 1. The van der Waals surface area contributed by atoms with Crippen molar-refractivity contribution in [1.82, 2.24) is 10.3 Å². The van der Waals surface area contributed by atoms with Crippen molar-refractivity contribution < 1.29 is 4.79 Å². The monoisotopic (exact) mass is 288 g/mol. The summed E-state index contributed by atoms with van der Waals surface area (Å²) < 4.78 is 0. The van der Waals surface area contributed by atoms with E-state index in [0.29, 0.717) is 5.92 Å². The molecule has 1 atom stereocenters. The number of nitrogens with zero attached hydrogens (tertiary/aromatic N) is 2. The Kier molecular flexibility index (Phi) is 4.39. The molecule has 0 saturated carbocycles. The van der Waals surface area contributed by atoms with Gasteiger partial charge >= 0.3 is 0 Å². The Balaban J connectivity index is 1.74. The first-order chi connectivity index (χ1) is 10.2. The highest BCUT2D eigenvalue weighted by Gasteiger charge is 2.25. The number of anilines is 1. The third-order valence-corrected chi connectivity index (χ3v) is 4.71. The molecule has 2 saturated heterocycles. The van der Waals surface area contributed by atoms with E-state index in [9.17, 15) is 4.79 Å². The second-order valence-electron chi connectivity index (χ2n) is 6.15. The molecule has 1 amide bonds. The van der Waals surface area contributed by atoms with Crippen molar-refractivity contribution in [3.8, 4) is 0 Å². The standard InChI is InChI=1S/C16H24N4O/c17-16(21)13-2-1-9-20(11-13)14-5-8-19-15(10-14)12-3-6-18-7-4-12/h5,8,10,12-13,18H,1-4,6-7,9,11H2,(H2,17,21)/t13-/m1/s1. The normalized spacial score (nSPS) is 24.0. The molecule has 1 aromatic rings. The maximum Gasteiger partial charge on any atom is 0.222 e. The lowest BCUT2D eigenvalue weighted by atomic mass is 9.93. The molecule has 0 aromatic carbocycles. The van der Waals surface area contributed by atoms with Crippen molar-refractivity contribution in [2.75, 3.05) is 31.1 Å². The molecule has 0 radical (unpaired) electrons. The largest absolute Gasteiger partial charge is 0.371 e. The summed E-state index contributed by atoms with van der Waals surface area (Å²) in [5.41, 5.74) is 7.84. The van der Waals surface area contributed by atoms with Crippen LogP contribution in [0.25, 0.3) is 0 Å². The molecule has 21 heavy (non-hydrogen) atoms. The van der Waals surface area contributed by atoms with Gasteiger partial charge in [0, 0.05) is 36.6 Å². The molecule has 0 unspecified atom stereocenters. The first-order valence-corrected chi connectivity index (χ1v) is 7.95. The number of nitrogens with one attached hydrogen (secondary N) is 1. The lowest BCUT2D eigenvalue weighted by Crippen LogP contribution is -2.41. The van der Waals surface area contributed by atoms with Crippen molar-refractivity contribution in [2.24, 2.45) is 11.7 Å². The van der Waals surface area contributed by atoms with E-state index in [1.54, 1.807) is 0 Å². The zero-order valence-electron chi connectivity index (χ0n) is 12.4. The molecular weight excluding hydrogens is 264 g/mol. The maximum absolute atomic E-state index is 11.4. The van der Waals surface area contributed by atoms with E-state index in [2.05, 4.69) is 21.3 Å². The van der Waals surface area contributed by atoms with Gasteiger partial charge in [0.05, 0.1) is 5.92 Å². The van der Waals surface area contributed by atoms with Crippen LogP contribution in [0.4, 0.5) is 5.69 Å². The van der Waals surface area contributed by atoms with E-state index in [1.165, 1.54) is 11.4 Å². The highest BCUT2D eigenvalue weighted by molar-refractivity contribution is 5.77. The quantitative estimate of drug-likeness (QED) is 0.878. The van der Waals surface area contributed by atoms with Gasteiger partial charge in [-0.3, -0.25) is 9.78 Å². The summed E-state index contributed by atoms with van der Waals surface area (Å²) in [6.07, 6.45) is 6.15. The molecule has 0 bridgehead atoms. The van der Waals surface area contributed by atoms with E-state index in [-0.39, 0.29) is 11.8 Å². The first-order valence-electron chi connectivity index (χ1n) is 7.95. The number of nitrogens with two attached hydrogens (primary N) is 1. The van der Waals surface area contributed by atoms with Crippen LogP contribution < -0.4 is 16.0 Å². The second kappa shape index (κ2) is 6.43. The third-order valence-electron chi connectivity index (χ3n) is 4.71.